The second-order valence-electron chi connectivity index (χ2n) is 4.53. The molecule has 1 heterocycles. The second kappa shape index (κ2) is 7.31. The molecule has 1 unspecified atom stereocenters. The Bertz CT molecular complexity index is 482. The van der Waals surface area contributed by atoms with Gasteiger partial charge in [-0.3, -0.25) is 4.98 Å². The molecule has 19 heavy (non-hydrogen) atoms. The molecule has 2 rings (SSSR count). The van der Waals surface area contributed by atoms with E-state index in [4.69, 9.17) is 0 Å². The first-order valence-electron chi connectivity index (χ1n) is 6.71. The van der Waals surface area contributed by atoms with Crippen LogP contribution in [0.5, 0.6) is 0 Å². The van der Waals surface area contributed by atoms with Crippen LogP contribution in [0, 0.1) is 0 Å². The summed E-state index contributed by atoms with van der Waals surface area (Å²) < 4.78 is 0. The Morgan fingerprint density at radius 2 is 1.68 bits per heavy atom. The molecule has 0 bridgehead atoms. The number of hydrogen-bond acceptors (Lipinski definition) is 3. The average molecular weight is 272 g/mol. The largest absolute Gasteiger partial charge is 0.310 e. The lowest BCUT2D eigenvalue weighted by molar-refractivity contribution is 0.570. The smallest absolute Gasteiger partial charge is 0.0291 e. The van der Waals surface area contributed by atoms with Crippen molar-refractivity contribution < 1.29 is 0 Å². The quantitative estimate of drug-likeness (QED) is 0.849. The van der Waals surface area contributed by atoms with Crippen molar-refractivity contribution in [2.75, 3.05) is 6.54 Å². The predicted octanol–water partition coefficient (Wildman–Crippen LogP) is 4.29. The molecular weight excluding hydrogens is 252 g/mol. The highest BCUT2D eigenvalue weighted by molar-refractivity contribution is 7.99. The Morgan fingerprint density at radius 3 is 2.32 bits per heavy atom. The molecule has 0 radical (unpaired) electrons. The topological polar surface area (TPSA) is 24.9 Å². The second-order valence-corrected chi connectivity index (χ2v) is 5.68. The third-order valence-corrected chi connectivity index (χ3v) is 3.98. The van der Waals surface area contributed by atoms with E-state index in [1.165, 1.54) is 21.8 Å². The standard InChI is InChI=1S/C16H20N2S/c1-3-10-18-13(2)14-4-6-15(7-5-14)19-16-8-11-17-12-9-16/h4-9,11-13,18H,3,10H2,1-2H3. The summed E-state index contributed by atoms with van der Waals surface area (Å²) in [6.07, 6.45) is 4.82. The number of nitrogens with one attached hydrogen (secondary N) is 1. The van der Waals surface area contributed by atoms with Gasteiger partial charge >= 0.3 is 0 Å². The Morgan fingerprint density at radius 1 is 1.05 bits per heavy atom. The maximum atomic E-state index is 4.03. The molecule has 2 aromatic rings. The van der Waals surface area contributed by atoms with Crippen LogP contribution < -0.4 is 5.32 Å². The lowest BCUT2D eigenvalue weighted by Gasteiger charge is -2.14. The van der Waals surface area contributed by atoms with E-state index in [-0.39, 0.29) is 0 Å². The van der Waals surface area contributed by atoms with Gasteiger partial charge in [-0.05, 0) is 49.7 Å². The fraction of sp³-hybridized carbons (Fsp3) is 0.312. The maximum absolute atomic E-state index is 4.03. The number of hydrogen-bond donors (Lipinski definition) is 1. The van der Waals surface area contributed by atoms with Crippen molar-refractivity contribution >= 4 is 11.8 Å². The minimum atomic E-state index is 0.417. The van der Waals surface area contributed by atoms with Gasteiger partial charge in [-0.1, -0.05) is 30.8 Å². The van der Waals surface area contributed by atoms with Gasteiger partial charge in [-0.25, -0.2) is 0 Å². The molecule has 0 fully saturated rings. The van der Waals surface area contributed by atoms with Crippen LogP contribution in [0.15, 0.2) is 58.6 Å². The van der Waals surface area contributed by atoms with Crippen LogP contribution in [-0.4, -0.2) is 11.5 Å². The van der Waals surface area contributed by atoms with Crippen LogP contribution in [0.25, 0.3) is 0 Å². The number of nitrogens with zero attached hydrogens (tertiary/aromatic N) is 1. The highest BCUT2D eigenvalue weighted by atomic mass is 32.2. The predicted molar refractivity (Wildman–Crippen MR) is 81.5 cm³/mol. The van der Waals surface area contributed by atoms with Gasteiger partial charge in [0.05, 0.1) is 0 Å². The number of aromatic nitrogens is 1. The first-order chi connectivity index (χ1) is 9.29. The van der Waals surface area contributed by atoms with Crippen molar-refractivity contribution in [1.82, 2.24) is 10.3 Å². The van der Waals surface area contributed by atoms with E-state index >= 15 is 0 Å². The Hall–Kier alpha value is -1.32. The summed E-state index contributed by atoms with van der Waals surface area (Å²) in [5, 5.41) is 3.50. The van der Waals surface area contributed by atoms with Gasteiger partial charge in [-0.15, -0.1) is 0 Å². The summed E-state index contributed by atoms with van der Waals surface area (Å²) in [4.78, 5) is 6.52. The molecule has 0 aliphatic carbocycles. The van der Waals surface area contributed by atoms with E-state index in [2.05, 4.69) is 48.4 Å². The highest BCUT2D eigenvalue weighted by Gasteiger charge is 2.04. The molecule has 0 saturated heterocycles. The molecule has 3 heteroatoms. The molecule has 0 amide bonds. The van der Waals surface area contributed by atoms with Gasteiger partial charge in [0, 0.05) is 28.2 Å². The van der Waals surface area contributed by atoms with Crippen molar-refractivity contribution in [3.63, 3.8) is 0 Å². The minimum Gasteiger partial charge on any atom is -0.310 e. The molecule has 2 nitrogen and oxygen atoms in total. The van der Waals surface area contributed by atoms with Crippen LogP contribution in [0.2, 0.25) is 0 Å². The van der Waals surface area contributed by atoms with Crippen molar-refractivity contribution in [2.45, 2.75) is 36.1 Å². The van der Waals surface area contributed by atoms with E-state index in [0.29, 0.717) is 6.04 Å². The summed E-state index contributed by atoms with van der Waals surface area (Å²) in [7, 11) is 0. The normalized spacial score (nSPS) is 12.3. The van der Waals surface area contributed by atoms with Crippen LogP contribution in [0.1, 0.15) is 31.9 Å². The molecular formula is C16H20N2S. The van der Waals surface area contributed by atoms with E-state index in [0.717, 1.165) is 6.54 Å². The number of benzene rings is 1. The van der Waals surface area contributed by atoms with Crippen LogP contribution in [0.4, 0.5) is 0 Å². The Labute approximate surface area is 119 Å². The van der Waals surface area contributed by atoms with Crippen LogP contribution >= 0.6 is 11.8 Å². The molecule has 1 aromatic heterocycles. The van der Waals surface area contributed by atoms with Gasteiger partial charge in [-0.2, -0.15) is 0 Å². The summed E-state index contributed by atoms with van der Waals surface area (Å²) in [5.74, 6) is 0. The highest BCUT2D eigenvalue weighted by Crippen LogP contribution is 2.27. The van der Waals surface area contributed by atoms with Gasteiger partial charge in [0.2, 0.25) is 0 Å². The molecule has 0 aliphatic heterocycles. The van der Waals surface area contributed by atoms with Crippen molar-refractivity contribution in [1.29, 1.82) is 0 Å². The van der Waals surface area contributed by atoms with E-state index in [1.807, 2.05) is 24.5 Å². The number of rotatable bonds is 6. The average Bonchev–Trinajstić information content (AvgIpc) is 2.46. The zero-order chi connectivity index (χ0) is 13.5. The van der Waals surface area contributed by atoms with E-state index in [1.54, 1.807) is 11.8 Å². The fourth-order valence-corrected chi connectivity index (χ4v) is 2.65. The lowest BCUT2D eigenvalue weighted by Crippen LogP contribution is -2.19. The molecule has 100 valence electrons. The van der Waals surface area contributed by atoms with Crippen molar-refractivity contribution in [3.05, 3.63) is 54.4 Å². The van der Waals surface area contributed by atoms with Gasteiger partial charge in [0.1, 0.15) is 0 Å². The van der Waals surface area contributed by atoms with E-state index < -0.39 is 0 Å². The summed E-state index contributed by atoms with van der Waals surface area (Å²) >= 11 is 1.77. The molecule has 1 aromatic carbocycles. The Kier molecular flexibility index (Phi) is 5.43. The molecule has 0 aliphatic rings. The number of pyridine rings is 1. The summed E-state index contributed by atoms with van der Waals surface area (Å²) in [6, 6.07) is 13.3. The van der Waals surface area contributed by atoms with Crippen LogP contribution in [0.3, 0.4) is 0 Å². The molecule has 0 saturated carbocycles. The fourth-order valence-electron chi connectivity index (χ4n) is 1.85. The SMILES string of the molecule is CCCNC(C)c1ccc(Sc2ccncc2)cc1. The third-order valence-electron chi connectivity index (χ3n) is 2.97. The van der Waals surface area contributed by atoms with Crippen molar-refractivity contribution in [3.8, 4) is 0 Å². The first-order valence-corrected chi connectivity index (χ1v) is 7.52. The van der Waals surface area contributed by atoms with Crippen LogP contribution in [-0.2, 0) is 0 Å². The molecule has 1 N–H and O–H groups in total. The summed E-state index contributed by atoms with van der Waals surface area (Å²) in [5.41, 5.74) is 1.34. The van der Waals surface area contributed by atoms with Gasteiger partial charge in [0.25, 0.3) is 0 Å². The zero-order valence-corrected chi connectivity index (χ0v) is 12.3. The third kappa shape index (κ3) is 4.37. The summed E-state index contributed by atoms with van der Waals surface area (Å²) in [6.45, 7) is 5.46. The first kappa shape index (κ1) is 14.1. The Balaban J connectivity index is 1.98. The maximum Gasteiger partial charge on any atom is 0.0291 e. The molecule has 0 spiro atoms. The van der Waals surface area contributed by atoms with Gasteiger partial charge in [0.15, 0.2) is 0 Å². The lowest BCUT2D eigenvalue weighted by atomic mass is 10.1. The monoisotopic (exact) mass is 272 g/mol. The zero-order valence-electron chi connectivity index (χ0n) is 11.5. The van der Waals surface area contributed by atoms with Gasteiger partial charge < -0.3 is 5.32 Å². The van der Waals surface area contributed by atoms with E-state index in [9.17, 15) is 0 Å². The van der Waals surface area contributed by atoms with Crippen molar-refractivity contribution in [2.24, 2.45) is 0 Å². The minimum absolute atomic E-state index is 0.417. The molecule has 1 atom stereocenters.